The van der Waals surface area contributed by atoms with Gasteiger partial charge in [0.2, 0.25) is 5.91 Å². The molecule has 2 aromatic rings. The van der Waals surface area contributed by atoms with Gasteiger partial charge in [0.25, 0.3) is 0 Å². The van der Waals surface area contributed by atoms with Crippen LogP contribution < -0.4 is 10.2 Å². The molecule has 1 aliphatic heterocycles. The minimum Gasteiger partial charge on any atom is -0.371 e. The highest BCUT2D eigenvalue weighted by Gasteiger charge is 2.51. The summed E-state index contributed by atoms with van der Waals surface area (Å²) in [4.78, 5) is 15.3. The van der Waals surface area contributed by atoms with E-state index < -0.39 is 0 Å². The molecule has 24 heavy (non-hydrogen) atoms. The molecule has 3 nitrogen and oxygen atoms in total. The van der Waals surface area contributed by atoms with Gasteiger partial charge in [0.15, 0.2) is 0 Å². The van der Waals surface area contributed by atoms with Crippen LogP contribution in [-0.2, 0) is 16.6 Å². The van der Waals surface area contributed by atoms with Crippen LogP contribution in [0.3, 0.4) is 0 Å². The Hall–Kier alpha value is -1.81. The second-order valence-corrected chi connectivity index (χ2v) is 7.64. The van der Waals surface area contributed by atoms with Crippen LogP contribution in [0, 0.1) is 0 Å². The number of nitrogens with zero attached hydrogens (tertiary/aromatic N) is 1. The highest BCUT2D eigenvalue weighted by Crippen LogP contribution is 2.49. The third kappa shape index (κ3) is 2.63. The highest BCUT2D eigenvalue weighted by atomic mass is 79.9. The first-order valence-electron chi connectivity index (χ1n) is 8.58. The SMILES string of the molecule is CCN1CCc2ccc(NC(=O)C3(c4cccc(Br)c4)CC3)cc21. The van der Waals surface area contributed by atoms with Crippen molar-refractivity contribution in [3.8, 4) is 0 Å². The van der Waals surface area contributed by atoms with Crippen molar-refractivity contribution in [2.75, 3.05) is 23.3 Å². The van der Waals surface area contributed by atoms with E-state index in [0.717, 1.165) is 48.1 Å². The largest absolute Gasteiger partial charge is 0.371 e. The van der Waals surface area contributed by atoms with Crippen LogP contribution in [0.4, 0.5) is 11.4 Å². The summed E-state index contributed by atoms with van der Waals surface area (Å²) >= 11 is 3.51. The zero-order valence-electron chi connectivity index (χ0n) is 13.8. The lowest BCUT2D eigenvalue weighted by Crippen LogP contribution is -2.28. The molecule has 0 saturated heterocycles. The second kappa shape index (κ2) is 5.92. The van der Waals surface area contributed by atoms with Crippen LogP contribution in [0.2, 0.25) is 0 Å². The third-order valence-corrected chi connectivity index (χ3v) is 5.77. The van der Waals surface area contributed by atoms with E-state index in [1.54, 1.807) is 0 Å². The molecule has 0 spiro atoms. The van der Waals surface area contributed by atoms with Gasteiger partial charge in [-0.2, -0.15) is 0 Å². The first-order valence-corrected chi connectivity index (χ1v) is 9.37. The Labute approximate surface area is 151 Å². The Morgan fingerprint density at radius 2 is 2.08 bits per heavy atom. The first kappa shape index (κ1) is 15.7. The van der Waals surface area contributed by atoms with Crippen LogP contribution in [0.25, 0.3) is 0 Å². The summed E-state index contributed by atoms with van der Waals surface area (Å²) in [5, 5.41) is 3.16. The number of carbonyl (C=O) groups is 1. The van der Waals surface area contributed by atoms with Crippen molar-refractivity contribution in [1.82, 2.24) is 0 Å². The molecule has 0 unspecified atom stereocenters. The topological polar surface area (TPSA) is 32.3 Å². The molecule has 4 rings (SSSR count). The minimum atomic E-state index is -0.354. The van der Waals surface area contributed by atoms with Crippen molar-refractivity contribution in [1.29, 1.82) is 0 Å². The Bertz CT molecular complexity index is 798. The van der Waals surface area contributed by atoms with E-state index in [2.05, 4.69) is 57.3 Å². The number of benzene rings is 2. The molecule has 1 N–H and O–H groups in total. The van der Waals surface area contributed by atoms with E-state index in [9.17, 15) is 4.79 Å². The van der Waals surface area contributed by atoms with Gasteiger partial charge in [-0.05, 0) is 61.6 Å². The number of halogens is 1. The van der Waals surface area contributed by atoms with E-state index in [1.165, 1.54) is 11.3 Å². The van der Waals surface area contributed by atoms with Crippen molar-refractivity contribution >= 4 is 33.2 Å². The number of likely N-dealkylation sites (N-methyl/N-ethyl adjacent to an activating group) is 1. The van der Waals surface area contributed by atoms with Crippen molar-refractivity contribution in [3.63, 3.8) is 0 Å². The maximum atomic E-state index is 12.9. The minimum absolute atomic E-state index is 0.113. The van der Waals surface area contributed by atoms with E-state index in [4.69, 9.17) is 0 Å². The lowest BCUT2D eigenvalue weighted by atomic mass is 9.95. The molecule has 1 saturated carbocycles. The number of carbonyl (C=O) groups excluding carboxylic acids is 1. The average Bonchev–Trinajstić information content (AvgIpc) is 3.30. The molecular formula is C20H21BrN2O. The molecule has 124 valence electrons. The smallest absolute Gasteiger partial charge is 0.235 e. The second-order valence-electron chi connectivity index (χ2n) is 6.72. The summed E-state index contributed by atoms with van der Waals surface area (Å²) < 4.78 is 1.02. The zero-order valence-corrected chi connectivity index (χ0v) is 15.4. The highest BCUT2D eigenvalue weighted by molar-refractivity contribution is 9.10. The molecule has 1 heterocycles. The van der Waals surface area contributed by atoms with Gasteiger partial charge in [0.1, 0.15) is 0 Å². The Morgan fingerprint density at radius 3 is 2.79 bits per heavy atom. The van der Waals surface area contributed by atoms with Crippen LogP contribution in [0.15, 0.2) is 46.9 Å². The third-order valence-electron chi connectivity index (χ3n) is 5.28. The van der Waals surface area contributed by atoms with Gasteiger partial charge >= 0.3 is 0 Å². The Morgan fingerprint density at radius 1 is 1.25 bits per heavy atom. The molecule has 0 bridgehead atoms. The van der Waals surface area contributed by atoms with E-state index in [1.807, 2.05) is 18.2 Å². The summed E-state index contributed by atoms with van der Waals surface area (Å²) in [6, 6.07) is 14.4. The van der Waals surface area contributed by atoms with Gasteiger partial charge in [0, 0.05) is 28.9 Å². The quantitative estimate of drug-likeness (QED) is 0.841. The van der Waals surface area contributed by atoms with Gasteiger partial charge < -0.3 is 10.2 Å². The van der Waals surface area contributed by atoms with Crippen molar-refractivity contribution in [2.24, 2.45) is 0 Å². The number of amides is 1. The predicted octanol–water partition coefficient (Wildman–Crippen LogP) is 4.50. The number of fused-ring (bicyclic) bond motifs is 1. The number of hydrogen-bond donors (Lipinski definition) is 1. The molecule has 0 radical (unpaired) electrons. The van der Waals surface area contributed by atoms with Crippen molar-refractivity contribution in [2.45, 2.75) is 31.6 Å². The maximum Gasteiger partial charge on any atom is 0.235 e. The number of anilines is 2. The summed E-state index contributed by atoms with van der Waals surface area (Å²) in [5.74, 6) is 0.113. The van der Waals surface area contributed by atoms with E-state index in [0.29, 0.717) is 0 Å². The van der Waals surface area contributed by atoms with Crippen LogP contribution in [0.5, 0.6) is 0 Å². The molecule has 4 heteroatoms. The van der Waals surface area contributed by atoms with Gasteiger partial charge in [-0.1, -0.05) is 34.1 Å². The monoisotopic (exact) mass is 384 g/mol. The summed E-state index contributed by atoms with van der Waals surface area (Å²) in [5.41, 5.74) is 4.30. The van der Waals surface area contributed by atoms with Crippen molar-refractivity contribution in [3.05, 3.63) is 58.1 Å². The number of rotatable bonds is 4. The average molecular weight is 385 g/mol. The predicted molar refractivity (Wildman–Crippen MR) is 102 cm³/mol. The first-order chi connectivity index (χ1) is 11.6. The van der Waals surface area contributed by atoms with Crippen LogP contribution in [0.1, 0.15) is 30.9 Å². The van der Waals surface area contributed by atoms with Gasteiger partial charge in [-0.25, -0.2) is 0 Å². The van der Waals surface area contributed by atoms with Gasteiger partial charge in [-0.15, -0.1) is 0 Å². The maximum absolute atomic E-state index is 12.9. The lowest BCUT2D eigenvalue weighted by molar-refractivity contribution is -0.118. The molecule has 2 aliphatic rings. The lowest BCUT2D eigenvalue weighted by Gasteiger charge is -2.19. The Kier molecular flexibility index (Phi) is 3.87. The summed E-state index contributed by atoms with van der Waals surface area (Å²) in [6.45, 7) is 4.25. The molecule has 0 atom stereocenters. The van der Waals surface area contributed by atoms with Crippen molar-refractivity contribution < 1.29 is 4.79 Å². The molecule has 1 aliphatic carbocycles. The van der Waals surface area contributed by atoms with E-state index >= 15 is 0 Å². The summed E-state index contributed by atoms with van der Waals surface area (Å²) in [7, 11) is 0. The van der Waals surface area contributed by atoms with Crippen LogP contribution in [-0.4, -0.2) is 19.0 Å². The molecule has 2 aromatic carbocycles. The fourth-order valence-electron chi connectivity index (χ4n) is 3.66. The number of hydrogen-bond acceptors (Lipinski definition) is 2. The van der Waals surface area contributed by atoms with Crippen LogP contribution >= 0.6 is 15.9 Å². The molecule has 0 aromatic heterocycles. The fourth-order valence-corrected chi connectivity index (χ4v) is 4.06. The molecule has 1 fully saturated rings. The molecule has 1 amide bonds. The standard InChI is InChI=1S/C20H21BrN2O/c1-2-23-11-8-14-6-7-17(13-18(14)23)22-19(24)20(9-10-20)15-4-3-5-16(21)12-15/h3-7,12-13H,2,8-11H2,1H3,(H,22,24). The van der Waals surface area contributed by atoms with Gasteiger partial charge in [0.05, 0.1) is 5.41 Å². The normalized spacial score (nSPS) is 17.5. The summed E-state index contributed by atoms with van der Waals surface area (Å²) in [6.07, 6.45) is 2.93. The number of nitrogens with one attached hydrogen (secondary N) is 1. The van der Waals surface area contributed by atoms with E-state index in [-0.39, 0.29) is 11.3 Å². The van der Waals surface area contributed by atoms with Gasteiger partial charge in [-0.3, -0.25) is 4.79 Å². The Balaban J connectivity index is 1.57. The fraction of sp³-hybridized carbons (Fsp3) is 0.350. The molecular weight excluding hydrogens is 364 g/mol. The zero-order chi connectivity index (χ0) is 16.7.